The van der Waals surface area contributed by atoms with Crippen LogP contribution in [0.1, 0.15) is 50.9 Å². The lowest BCUT2D eigenvalue weighted by Gasteiger charge is -2.31. The molecule has 1 aromatic carbocycles. The van der Waals surface area contributed by atoms with E-state index in [4.69, 9.17) is 10.8 Å². The minimum absolute atomic E-state index is 0.0180. The maximum atomic E-state index is 6.16. The fourth-order valence-electron chi connectivity index (χ4n) is 2.81. The van der Waals surface area contributed by atoms with E-state index in [1.807, 2.05) is 0 Å². The smallest absolute Gasteiger partial charge is 0.0634 e. The lowest BCUT2D eigenvalue weighted by atomic mass is 9.74. The maximum absolute atomic E-state index is 6.16. The summed E-state index contributed by atoms with van der Waals surface area (Å²) in [4.78, 5) is 0. The second-order valence-corrected chi connectivity index (χ2v) is 5.93. The van der Waals surface area contributed by atoms with E-state index in [9.17, 15) is 0 Å². The van der Waals surface area contributed by atoms with E-state index in [2.05, 4.69) is 68.0 Å². The summed E-state index contributed by atoms with van der Waals surface area (Å²) < 4.78 is 2.07. The Morgan fingerprint density at radius 2 is 1.90 bits per heavy atom. The van der Waals surface area contributed by atoms with Crippen LogP contribution >= 0.6 is 0 Å². The highest BCUT2D eigenvalue weighted by atomic mass is 15.3. The third-order valence-corrected chi connectivity index (χ3v) is 4.68. The molecule has 0 aliphatic carbocycles. The van der Waals surface area contributed by atoms with Gasteiger partial charge in [-0.05, 0) is 31.4 Å². The Bertz CT molecular complexity index is 541. The van der Waals surface area contributed by atoms with E-state index >= 15 is 0 Å². The fourth-order valence-corrected chi connectivity index (χ4v) is 2.81. The van der Waals surface area contributed by atoms with Crippen LogP contribution < -0.4 is 5.73 Å². The first-order valence-corrected chi connectivity index (χ1v) is 7.94. The second kappa shape index (κ2) is 6.90. The monoisotopic (exact) mass is 285 g/mol. The Morgan fingerprint density at radius 3 is 2.48 bits per heavy atom. The highest BCUT2D eigenvalue weighted by Crippen LogP contribution is 2.30. The Labute approximate surface area is 128 Å². The van der Waals surface area contributed by atoms with Crippen molar-refractivity contribution in [1.29, 1.82) is 0 Å². The van der Waals surface area contributed by atoms with Gasteiger partial charge in [-0.2, -0.15) is 5.10 Å². The fraction of sp³-hybridized carbons (Fsp3) is 0.500. The van der Waals surface area contributed by atoms with Crippen LogP contribution in [0.3, 0.4) is 0 Å². The molecule has 0 aliphatic rings. The number of benzene rings is 1. The topological polar surface area (TPSA) is 43.8 Å². The summed E-state index contributed by atoms with van der Waals surface area (Å²) in [7, 11) is 0. The largest absolute Gasteiger partial charge is 0.330 e. The summed E-state index contributed by atoms with van der Waals surface area (Å²) in [5.74, 6) is 0. The van der Waals surface area contributed by atoms with Gasteiger partial charge in [-0.3, -0.25) is 4.68 Å². The first-order valence-electron chi connectivity index (χ1n) is 7.94. The minimum Gasteiger partial charge on any atom is -0.330 e. The molecule has 114 valence electrons. The van der Waals surface area contributed by atoms with E-state index in [1.165, 1.54) is 5.56 Å². The van der Waals surface area contributed by atoms with Gasteiger partial charge in [0.05, 0.1) is 5.69 Å². The summed E-state index contributed by atoms with van der Waals surface area (Å²) in [6.07, 6.45) is 5.10. The van der Waals surface area contributed by atoms with E-state index in [-0.39, 0.29) is 5.41 Å². The van der Waals surface area contributed by atoms with Crippen LogP contribution in [0.5, 0.6) is 0 Å². The van der Waals surface area contributed by atoms with Gasteiger partial charge in [-0.15, -0.1) is 0 Å². The van der Waals surface area contributed by atoms with Gasteiger partial charge < -0.3 is 5.73 Å². The van der Waals surface area contributed by atoms with E-state index in [1.54, 1.807) is 0 Å². The lowest BCUT2D eigenvalue weighted by molar-refractivity contribution is 0.406. The van der Waals surface area contributed by atoms with Crippen LogP contribution in [0.25, 0.3) is 0 Å². The molecular weight excluding hydrogens is 258 g/mol. The van der Waals surface area contributed by atoms with E-state index in [0.29, 0.717) is 12.6 Å². The van der Waals surface area contributed by atoms with Gasteiger partial charge in [0.25, 0.3) is 0 Å². The van der Waals surface area contributed by atoms with Crippen LogP contribution in [0.2, 0.25) is 0 Å². The Hall–Kier alpha value is -1.61. The SMILES string of the molecule is CCC(C)n1ccc(CC(CC)(CN)c2ccccc2)n1. The van der Waals surface area contributed by atoms with Crippen molar-refractivity contribution in [2.45, 2.75) is 51.5 Å². The average Bonchev–Trinajstić information content (AvgIpc) is 3.01. The second-order valence-electron chi connectivity index (χ2n) is 5.93. The molecule has 0 amide bonds. The van der Waals surface area contributed by atoms with Crippen molar-refractivity contribution < 1.29 is 0 Å². The molecular formula is C18H27N3. The average molecular weight is 285 g/mol. The standard InChI is InChI=1S/C18H27N3/c1-4-15(3)21-12-11-17(20-21)13-18(5-2,14-19)16-9-7-6-8-10-16/h6-12,15H,4-5,13-14,19H2,1-3H3. The molecule has 2 N–H and O–H groups in total. The predicted molar refractivity (Wildman–Crippen MR) is 88.4 cm³/mol. The van der Waals surface area contributed by atoms with Crippen molar-refractivity contribution >= 4 is 0 Å². The zero-order valence-electron chi connectivity index (χ0n) is 13.4. The van der Waals surface area contributed by atoms with Crippen molar-refractivity contribution in [2.75, 3.05) is 6.54 Å². The Kier molecular flexibility index (Phi) is 5.18. The van der Waals surface area contributed by atoms with Gasteiger partial charge in [0.1, 0.15) is 0 Å². The molecule has 1 heterocycles. The Balaban J connectivity index is 2.26. The molecule has 21 heavy (non-hydrogen) atoms. The minimum atomic E-state index is -0.0180. The maximum Gasteiger partial charge on any atom is 0.0634 e. The van der Waals surface area contributed by atoms with Crippen LogP contribution in [-0.4, -0.2) is 16.3 Å². The highest BCUT2D eigenvalue weighted by molar-refractivity contribution is 5.28. The number of hydrogen-bond acceptors (Lipinski definition) is 2. The molecule has 0 spiro atoms. The third-order valence-electron chi connectivity index (χ3n) is 4.68. The summed E-state index contributed by atoms with van der Waals surface area (Å²) in [5.41, 5.74) is 8.58. The molecule has 2 aromatic rings. The van der Waals surface area contributed by atoms with Crippen molar-refractivity contribution in [3.05, 3.63) is 53.9 Å². The number of rotatable bonds is 7. The quantitative estimate of drug-likeness (QED) is 0.843. The highest BCUT2D eigenvalue weighted by Gasteiger charge is 2.30. The summed E-state index contributed by atoms with van der Waals surface area (Å²) in [6.45, 7) is 7.24. The molecule has 0 fully saturated rings. The van der Waals surface area contributed by atoms with Crippen LogP contribution in [-0.2, 0) is 11.8 Å². The molecule has 1 aromatic heterocycles. The van der Waals surface area contributed by atoms with Gasteiger partial charge in [0.2, 0.25) is 0 Å². The first kappa shape index (κ1) is 15.8. The predicted octanol–water partition coefficient (Wildman–Crippen LogP) is 3.70. The zero-order chi connectivity index (χ0) is 15.3. The third kappa shape index (κ3) is 3.35. The molecule has 0 saturated carbocycles. The Morgan fingerprint density at radius 1 is 1.19 bits per heavy atom. The normalized spacial score (nSPS) is 15.6. The molecule has 0 saturated heterocycles. The van der Waals surface area contributed by atoms with Crippen molar-refractivity contribution in [3.63, 3.8) is 0 Å². The number of hydrogen-bond donors (Lipinski definition) is 1. The van der Waals surface area contributed by atoms with Gasteiger partial charge in [-0.25, -0.2) is 0 Å². The van der Waals surface area contributed by atoms with Crippen molar-refractivity contribution in [1.82, 2.24) is 9.78 Å². The van der Waals surface area contributed by atoms with Gasteiger partial charge in [0, 0.05) is 30.6 Å². The molecule has 2 rings (SSSR count). The number of nitrogens with two attached hydrogens (primary N) is 1. The van der Waals surface area contributed by atoms with Gasteiger partial charge >= 0.3 is 0 Å². The summed E-state index contributed by atoms with van der Waals surface area (Å²) >= 11 is 0. The van der Waals surface area contributed by atoms with Gasteiger partial charge in [0.15, 0.2) is 0 Å². The van der Waals surface area contributed by atoms with E-state index < -0.39 is 0 Å². The molecule has 0 radical (unpaired) electrons. The zero-order valence-corrected chi connectivity index (χ0v) is 13.4. The van der Waals surface area contributed by atoms with Crippen LogP contribution in [0.4, 0.5) is 0 Å². The van der Waals surface area contributed by atoms with Crippen LogP contribution in [0, 0.1) is 0 Å². The first-order chi connectivity index (χ1) is 10.1. The lowest BCUT2D eigenvalue weighted by Crippen LogP contribution is -2.37. The van der Waals surface area contributed by atoms with Gasteiger partial charge in [-0.1, -0.05) is 44.2 Å². The molecule has 3 nitrogen and oxygen atoms in total. The number of aromatic nitrogens is 2. The van der Waals surface area contributed by atoms with Crippen molar-refractivity contribution in [2.24, 2.45) is 5.73 Å². The van der Waals surface area contributed by atoms with E-state index in [0.717, 1.165) is 25.0 Å². The molecule has 0 bridgehead atoms. The summed E-state index contributed by atoms with van der Waals surface area (Å²) in [6, 6.07) is 13.2. The molecule has 2 unspecified atom stereocenters. The molecule has 0 aliphatic heterocycles. The molecule has 2 atom stereocenters. The van der Waals surface area contributed by atoms with Crippen LogP contribution in [0.15, 0.2) is 42.6 Å². The summed E-state index contributed by atoms with van der Waals surface area (Å²) in [5, 5.41) is 4.75. The van der Waals surface area contributed by atoms with Crippen molar-refractivity contribution in [3.8, 4) is 0 Å². The number of nitrogens with zero attached hydrogens (tertiary/aromatic N) is 2. The molecule has 3 heteroatoms.